The number of aryl methyl sites for hydroxylation is 1. The van der Waals surface area contributed by atoms with Crippen molar-refractivity contribution in [1.82, 2.24) is 4.98 Å². The van der Waals surface area contributed by atoms with E-state index in [2.05, 4.69) is 17.2 Å². The van der Waals surface area contributed by atoms with Crippen molar-refractivity contribution in [2.24, 2.45) is 0 Å². The van der Waals surface area contributed by atoms with Crippen LogP contribution in [0, 0.1) is 6.92 Å². The minimum absolute atomic E-state index is 0.555. The van der Waals surface area contributed by atoms with Gasteiger partial charge in [-0.3, -0.25) is 4.98 Å². The topological polar surface area (TPSA) is 24.9 Å². The molecule has 88 valence electrons. The minimum atomic E-state index is 0.555. The molecule has 0 saturated carbocycles. The van der Waals surface area contributed by atoms with Crippen molar-refractivity contribution < 1.29 is 0 Å². The first-order valence-corrected chi connectivity index (χ1v) is 6.01. The maximum absolute atomic E-state index is 5.94. The average molecular weight is 267 g/mol. The molecule has 0 aliphatic carbocycles. The summed E-state index contributed by atoms with van der Waals surface area (Å²) >= 11 is 11.8. The number of nitrogens with one attached hydrogen (secondary N) is 1. The normalized spacial score (nSPS) is 10.3. The Morgan fingerprint density at radius 3 is 2.71 bits per heavy atom. The zero-order valence-corrected chi connectivity index (χ0v) is 10.9. The van der Waals surface area contributed by atoms with Gasteiger partial charge in [-0.2, -0.15) is 0 Å². The minimum Gasteiger partial charge on any atom is -0.381 e. The van der Waals surface area contributed by atoms with Gasteiger partial charge in [0.25, 0.3) is 0 Å². The first-order valence-electron chi connectivity index (χ1n) is 5.25. The Balaban J connectivity index is 2.08. The summed E-state index contributed by atoms with van der Waals surface area (Å²) in [4.78, 5) is 4.10. The van der Waals surface area contributed by atoms with Crippen LogP contribution < -0.4 is 5.32 Å². The molecule has 0 saturated heterocycles. The van der Waals surface area contributed by atoms with Gasteiger partial charge in [0.05, 0.1) is 10.0 Å². The molecule has 2 rings (SSSR count). The van der Waals surface area contributed by atoms with Crippen LogP contribution >= 0.6 is 23.2 Å². The molecule has 1 N–H and O–H groups in total. The maximum Gasteiger partial charge on any atom is 0.0612 e. The number of halogens is 2. The molecule has 0 unspecified atom stereocenters. The standard InChI is InChI=1S/C13H12Cl2N2/c1-9-4-5-16-7-10(9)8-17-11-2-3-12(14)13(15)6-11/h2-7,17H,8H2,1H3. The molecule has 0 spiro atoms. The van der Waals surface area contributed by atoms with Crippen LogP contribution in [0.15, 0.2) is 36.7 Å². The molecule has 17 heavy (non-hydrogen) atoms. The Hall–Kier alpha value is -1.25. The molecule has 1 heterocycles. The van der Waals surface area contributed by atoms with Crippen LogP contribution in [-0.2, 0) is 6.54 Å². The van der Waals surface area contributed by atoms with E-state index in [9.17, 15) is 0 Å². The van der Waals surface area contributed by atoms with Gasteiger partial charge in [-0.25, -0.2) is 0 Å². The third-order valence-electron chi connectivity index (χ3n) is 2.55. The summed E-state index contributed by atoms with van der Waals surface area (Å²) in [7, 11) is 0. The summed E-state index contributed by atoms with van der Waals surface area (Å²) < 4.78 is 0. The van der Waals surface area contributed by atoms with Gasteiger partial charge >= 0.3 is 0 Å². The second-order valence-corrected chi connectivity index (χ2v) is 4.60. The van der Waals surface area contributed by atoms with E-state index >= 15 is 0 Å². The van der Waals surface area contributed by atoms with Crippen molar-refractivity contribution in [1.29, 1.82) is 0 Å². The summed E-state index contributed by atoms with van der Waals surface area (Å²) in [5, 5.41) is 4.41. The molecule has 2 nitrogen and oxygen atoms in total. The van der Waals surface area contributed by atoms with Crippen LogP contribution in [0.2, 0.25) is 10.0 Å². The third kappa shape index (κ3) is 3.11. The number of aromatic nitrogens is 1. The van der Waals surface area contributed by atoms with Crippen LogP contribution in [0.4, 0.5) is 5.69 Å². The van der Waals surface area contributed by atoms with E-state index in [-0.39, 0.29) is 0 Å². The Labute approximate surface area is 111 Å². The summed E-state index contributed by atoms with van der Waals surface area (Å²) in [6.45, 7) is 2.78. The monoisotopic (exact) mass is 266 g/mol. The van der Waals surface area contributed by atoms with E-state index in [0.29, 0.717) is 10.0 Å². The maximum atomic E-state index is 5.94. The molecule has 0 bridgehead atoms. The molecule has 0 aliphatic heterocycles. The quantitative estimate of drug-likeness (QED) is 0.896. The second-order valence-electron chi connectivity index (χ2n) is 3.78. The highest BCUT2D eigenvalue weighted by atomic mass is 35.5. The molecule has 0 fully saturated rings. The van der Waals surface area contributed by atoms with Crippen LogP contribution in [0.1, 0.15) is 11.1 Å². The van der Waals surface area contributed by atoms with Crippen molar-refractivity contribution in [2.45, 2.75) is 13.5 Å². The largest absolute Gasteiger partial charge is 0.381 e. The first-order chi connectivity index (χ1) is 8.16. The number of pyridine rings is 1. The second kappa shape index (κ2) is 5.39. The van der Waals surface area contributed by atoms with Gasteiger partial charge in [-0.1, -0.05) is 23.2 Å². The van der Waals surface area contributed by atoms with E-state index in [1.807, 2.05) is 24.4 Å². The summed E-state index contributed by atoms with van der Waals surface area (Å²) in [6.07, 6.45) is 3.65. The Morgan fingerprint density at radius 2 is 2.00 bits per heavy atom. The highest BCUT2D eigenvalue weighted by molar-refractivity contribution is 6.42. The van der Waals surface area contributed by atoms with Crippen LogP contribution in [-0.4, -0.2) is 4.98 Å². The lowest BCUT2D eigenvalue weighted by atomic mass is 10.1. The molecule has 0 aliphatic rings. The Morgan fingerprint density at radius 1 is 1.18 bits per heavy atom. The fraction of sp³-hybridized carbons (Fsp3) is 0.154. The average Bonchev–Trinajstić information content (AvgIpc) is 2.32. The first kappa shape index (κ1) is 12.2. The zero-order valence-electron chi connectivity index (χ0n) is 9.37. The number of hydrogen-bond acceptors (Lipinski definition) is 2. The van der Waals surface area contributed by atoms with E-state index in [4.69, 9.17) is 23.2 Å². The number of anilines is 1. The van der Waals surface area contributed by atoms with Gasteiger partial charge in [0.15, 0.2) is 0 Å². The van der Waals surface area contributed by atoms with Gasteiger partial charge in [-0.15, -0.1) is 0 Å². The van der Waals surface area contributed by atoms with Crippen molar-refractivity contribution in [3.8, 4) is 0 Å². The lowest BCUT2D eigenvalue weighted by Gasteiger charge is -2.09. The fourth-order valence-corrected chi connectivity index (χ4v) is 1.78. The molecule has 0 radical (unpaired) electrons. The molecule has 0 atom stereocenters. The Bertz CT molecular complexity index is 527. The van der Waals surface area contributed by atoms with Crippen molar-refractivity contribution in [2.75, 3.05) is 5.32 Å². The fourth-order valence-electron chi connectivity index (χ4n) is 1.49. The van der Waals surface area contributed by atoms with Crippen LogP contribution in [0.3, 0.4) is 0 Å². The van der Waals surface area contributed by atoms with Crippen molar-refractivity contribution in [3.63, 3.8) is 0 Å². The molecule has 4 heteroatoms. The summed E-state index contributed by atoms with van der Waals surface area (Å²) in [6, 6.07) is 7.49. The van der Waals surface area contributed by atoms with E-state index in [1.54, 1.807) is 12.3 Å². The van der Waals surface area contributed by atoms with Crippen molar-refractivity contribution in [3.05, 3.63) is 57.8 Å². The molecular weight excluding hydrogens is 255 g/mol. The third-order valence-corrected chi connectivity index (χ3v) is 3.29. The van der Waals surface area contributed by atoms with E-state index in [0.717, 1.165) is 12.2 Å². The molecule has 1 aromatic heterocycles. The number of nitrogens with zero attached hydrogens (tertiary/aromatic N) is 1. The zero-order chi connectivity index (χ0) is 12.3. The Kier molecular flexibility index (Phi) is 3.87. The van der Waals surface area contributed by atoms with E-state index in [1.165, 1.54) is 11.1 Å². The van der Waals surface area contributed by atoms with Gasteiger partial charge in [0, 0.05) is 24.6 Å². The van der Waals surface area contributed by atoms with E-state index < -0.39 is 0 Å². The highest BCUT2D eigenvalue weighted by Gasteiger charge is 2.01. The molecule has 0 amide bonds. The smallest absolute Gasteiger partial charge is 0.0612 e. The summed E-state index contributed by atoms with van der Waals surface area (Å²) in [5.41, 5.74) is 3.33. The van der Waals surface area contributed by atoms with Gasteiger partial charge in [-0.05, 0) is 42.3 Å². The number of benzene rings is 1. The lowest BCUT2D eigenvalue weighted by molar-refractivity contribution is 1.08. The summed E-state index contributed by atoms with van der Waals surface area (Å²) in [5.74, 6) is 0. The molecule has 2 aromatic rings. The lowest BCUT2D eigenvalue weighted by Crippen LogP contribution is -2.01. The van der Waals surface area contributed by atoms with Crippen LogP contribution in [0.25, 0.3) is 0 Å². The van der Waals surface area contributed by atoms with Crippen LogP contribution in [0.5, 0.6) is 0 Å². The predicted molar refractivity (Wildman–Crippen MR) is 72.8 cm³/mol. The highest BCUT2D eigenvalue weighted by Crippen LogP contribution is 2.25. The number of hydrogen-bond donors (Lipinski definition) is 1. The van der Waals surface area contributed by atoms with Crippen molar-refractivity contribution >= 4 is 28.9 Å². The van der Waals surface area contributed by atoms with Gasteiger partial charge < -0.3 is 5.32 Å². The van der Waals surface area contributed by atoms with Gasteiger partial charge in [0.2, 0.25) is 0 Å². The number of rotatable bonds is 3. The van der Waals surface area contributed by atoms with Gasteiger partial charge in [0.1, 0.15) is 0 Å². The molecule has 1 aromatic carbocycles. The molecular formula is C13H12Cl2N2. The predicted octanol–water partition coefficient (Wildman–Crippen LogP) is 4.31. The SMILES string of the molecule is Cc1ccncc1CNc1ccc(Cl)c(Cl)c1.